The standard InChI is InChI=1S/C16H17O3/c1-17-14-9-7-13(8-10-14)11-12-19-16-6-4-3-5-15(16)18-2/h4-10H,11-12H2,1-2H3. The number of rotatable bonds is 6. The third kappa shape index (κ3) is 3.65. The summed E-state index contributed by atoms with van der Waals surface area (Å²) >= 11 is 0. The smallest absolute Gasteiger partial charge is 0.161 e. The van der Waals surface area contributed by atoms with Gasteiger partial charge in [0.1, 0.15) is 5.75 Å². The van der Waals surface area contributed by atoms with E-state index in [1.54, 1.807) is 20.3 Å². The molecule has 0 aliphatic heterocycles. The van der Waals surface area contributed by atoms with Crippen molar-refractivity contribution < 1.29 is 14.2 Å². The predicted octanol–water partition coefficient (Wildman–Crippen LogP) is 3.13. The minimum Gasteiger partial charge on any atom is -0.497 e. The fourth-order valence-electron chi connectivity index (χ4n) is 1.75. The Bertz CT molecular complexity index is 506. The summed E-state index contributed by atoms with van der Waals surface area (Å²) in [5.41, 5.74) is 1.21. The molecule has 0 spiro atoms. The van der Waals surface area contributed by atoms with Crippen molar-refractivity contribution in [2.75, 3.05) is 20.8 Å². The Morgan fingerprint density at radius 2 is 1.74 bits per heavy atom. The van der Waals surface area contributed by atoms with Crippen LogP contribution in [0.5, 0.6) is 17.2 Å². The molecule has 19 heavy (non-hydrogen) atoms. The molecule has 99 valence electrons. The van der Waals surface area contributed by atoms with Crippen molar-refractivity contribution in [1.82, 2.24) is 0 Å². The first-order chi connectivity index (χ1) is 9.33. The monoisotopic (exact) mass is 257 g/mol. The zero-order valence-electron chi connectivity index (χ0n) is 11.2. The van der Waals surface area contributed by atoms with Crippen molar-refractivity contribution in [1.29, 1.82) is 0 Å². The molecule has 0 bridgehead atoms. The number of benzene rings is 2. The molecule has 0 heterocycles. The summed E-state index contributed by atoms with van der Waals surface area (Å²) in [5, 5.41) is 0. The van der Waals surface area contributed by atoms with Crippen molar-refractivity contribution in [3.8, 4) is 17.2 Å². The largest absolute Gasteiger partial charge is 0.497 e. The summed E-state index contributed by atoms with van der Waals surface area (Å²) in [6, 6.07) is 16.4. The Labute approximate surface area is 113 Å². The fraction of sp³-hybridized carbons (Fsp3) is 0.250. The van der Waals surface area contributed by atoms with Crippen molar-refractivity contribution in [3.63, 3.8) is 0 Å². The van der Waals surface area contributed by atoms with Crippen LogP contribution >= 0.6 is 0 Å². The Balaban J connectivity index is 1.88. The van der Waals surface area contributed by atoms with Gasteiger partial charge in [0, 0.05) is 6.42 Å². The minimum atomic E-state index is 0.604. The maximum Gasteiger partial charge on any atom is 0.161 e. The fourth-order valence-corrected chi connectivity index (χ4v) is 1.75. The molecule has 0 unspecified atom stereocenters. The van der Waals surface area contributed by atoms with E-state index in [1.165, 1.54) is 5.56 Å². The lowest BCUT2D eigenvalue weighted by Crippen LogP contribution is -2.02. The zero-order valence-corrected chi connectivity index (χ0v) is 11.2. The molecule has 0 N–H and O–H groups in total. The third-order valence-corrected chi connectivity index (χ3v) is 2.82. The molecule has 0 amide bonds. The second-order valence-electron chi connectivity index (χ2n) is 4.02. The quantitative estimate of drug-likeness (QED) is 0.795. The first kappa shape index (κ1) is 13.3. The van der Waals surface area contributed by atoms with E-state index in [0.29, 0.717) is 12.4 Å². The van der Waals surface area contributed by atoms with Gasteiger partial charge in [-0.2, -0.15) is 0 Å². The summed E-state index contributed by atoms with van der Waals surface area (Å²) in [6.45, 7) is 0.604. The molecule has 0 aromatic heterocycles. The molecule has 2 rings (SSSR count). The van der Waals surface area contributed by atoms with Crippen LogP contribution in [0.4, 0.5) is 0 Å². The van der Waals surface area contributed by atoms with E-state index in [-0.39, 0.29) is 0 Å². The van der Waals surface area contributed by atoms with Gasteiger partial charge in [0.2, 0.25) is 0 Å². The molecule has 3 nitrogen and oxygen atoms in total. The third-order valence-electron chi connectivity index (χ3n) is 2.82. The van der Waals surface area contributed by atoms with Crippen LogP contribution in [0.1, 0.15) is 5.56 Å². The Hall–Kier alpha value is -2.16. The first-order valence-electron chi connectivity index (χ1n) is 6.13. The second-order valence-corrected chi connectivity index (χ2v) is 4.02. The van der Waals surface area contributed by atoms with Crippen molar-refractivity contribution >= 4 is 0 Å². The molecule has 3 heteroatoms. The van der Waals surface area contributed by atoms with Gasteiger partial charge >= 0.3 is 0 Å². The van der Waals surface area contributed by atoms with Crippen LogP contribution in [-0.2, 0) is 6.42 Å². The summed E-state index contributed by atoms with van der Waals surface area (Å²) in [5.74, 6) is 2.32. The van der Waals surface area contributed by atoms with Gasteiger partial charge in [-0.3, -0.25) is 0 Å². The van der Waals surface area contributed by atoms with E-state index in [1.807, 2.05) is 36.4 Å². The Morgan fingerprint density at radius 3 is 2.42 bits per heavy atom. The van der Waals surface area contributed by atoms with E-state index < -0.39 is 0 Å². The molecule has 1 radical (unpaired) electrons. The minimum absolute atomic E-state index is 0.604. The van der Waals surface area contributed by atoms with Crippen LogP contribution in [0.2, 0.25) is 0 Å². The molecule has 2 aromatic carbocycles. The van der Waals surface area contributed by atoms with Crippen LogP contribution in [0.25, 0.3) is 0 Å². The number of ether oxygens (including phenoxy) is 3. The first-order valence-corrected chi connectivity index (χ1v) is 6.13. The van der Waals surface area contributed by atoms with E-state index in [0.717, 1.165) is 17.9 Å². The highest BCUT2D eigenvalue weighted by molar-refractivity contribution is 5.38. The summed E-state index contributed by atoms with van der Waals surface area (Å²) in [4.78, 5) is 0. The van der Waals surface area contributed by atoms with E-state index in [9.17, 15) is 0 Å². The van der Waals surface area contributed by atoms with Crippen LogP contribution in [0.15, 0.2) is 42.5 Å². The second kappa shape index (κ2) is 6.69. The van der Waals surface area contributed by atoms with Gasteiger partial charge in [0.05, 0.1) is 20.8 Å². The molecule has 0 saturated heterocycles. The van der Waals surface area contributed by atoms with Gasteiger partial charge in [0.15, 0.2) is 11.5 Å². The normalized spacial score (nSPS) is 10.0. The number of hydrogen-bond donors (Lipinski definition) is 0. The summed E-state index contributed by atoms with van der Waals surface area (Å²) in [6.07, 6.45) is 0.839. The average molecular weight is 257 g/mol. The molecule has 0 atom stereocenters. The van der Waals surface area contributed by atoms with Gasteiger partial charge in [-0.05, 0) is 35.9 Å². The van der Waals surface area contributed by atoms with E-state index >= 15 is 0 Å². The molecular formula is C16H17O3. The van der Waals surface area contributed by atoms with Gasteiger partial charge in [-0.15, -0.1) is 0 Å². The highest BCUT2D eigenvalue weighted by Gasteiger charge is 2.02. The van der Waals surface area contributed by atoms with Crippen LogP contribution in [0.3, 0.4) is 0 Å². The van der Waals surface area contributed by atoms with Gasteiger partial charge in [-0.1, -0.05) is 18.2 Å². The van der Waals surface area contributed by atoms with Crippen molar-refractivity contribution in [2.45, 2.75) is 6.42 Å². The van der Waals surface area contributed by atoms with Crippen LogP contribution in [0, 0.1) is 6.07 Å². The highest BCUT2D eigenvalue weighted by Crippen LogP contribution is 2.25. The van der Waals surface area contributed by atoms with Crippen molar-refractivity contribution in [3.05, 3.63) is 54.1 Å². The Kier molecular flexibility index (Phi) is 4.67. The lowest BCUT2D eigenvalue weighted by molar-refractivity contribution is 0.297. The molecular weight excluding hydrogens is 240 g/mol. The van der Waals surface area contributed by atoms with E-state index in [2.05, 4.69) is 6.07 Å². The SMILES string of the molecule is COc1ccc(CCOc2cc[c]cc2OC)cc1. The molecule has 2 aromatic rings. The molecule has 0 saturated carbocycles. The van der Waals surface area contributed by atoms with Gasteiger partial charge < -0.3 is 14.2 Å². The molecule has 0 fully saturated rings. The molecule has 0 aliphatic rings. The maximum atomic E-state index is 5.71. The van der Waals surface area contributed by atoms with E-state index in [4.69, 9.17) is 14.2 Å². The molecule has 0 aliphatic carbocycles. The van der Waals surface area contributed by atoms with Gasteiger partial charge in [0.25, 0.3) is 0 Å². The summed E-state index contributed by atoms with van der Waals surface area (Å²) in [7, 11) is 3.29. The Morgan fingerprint density at radius 1 is 0.947 bits per heavy atom. The topological polar surface area (TPSA) is 27.7 Å². The van der Waals surface area contributed by atoms with Crippen LogP contribution in [-0.4, -0.2) is 20.8 Å². The number of hydrogen-bond acceptors (Lipinski definition) is 3. The predicted molar refractivity (Wildman–Crippen MR) is 74.0 cm³/mol. The number of methoxy groups -OCH3 is 2. The highest BCUT2D eigenvalue weighted by atomic mass is 16.5. The van der Waals surface area contributed by atoms with Crippen LogP contribution < -0.4 is 14.2 Å². The van der Waals surface area contributed by atoms with Gasteiger partial charge in [-0.25, -0.2) is 0 Å². The lowest BCUT2D eigenvalue weighted by Gasteiger charge is -2.10. The zero-order chi connectivity index (χ0) is 13.5. The average Bonchev–Trinajstić information content (AvgIpc) is 2.48. The summed E-state index contributed by atoms with van der Waals surface area (Å²) < 4.78 is 16.0. The maximum absolute atomic E-state index is 5.71. The van der Waals surface area contributed by atoms with Crippen molar-refractivity contribution in [2.24, 2.45) is 0 Å². The lowest BCUT2D eigenvalue weighted by atomic mass is 10.1.